The second kappa shape index (κ2) is 638. The average molecular weight is 449 g/mol. The van der Waals surface area contributed by atoms with Crippen LogP contribution in [0.1, 0.15) is 22.3 Å². The first-order valence-electron chi connectivity index (χ1n) is 0. The summed E-state index contributed by atoms with van der Waals surface area (Å²) in [7, 11) is 0. The summed E-state index contributed by atoms with van der Waals surface area (Å²) in [5.41, 5.74) is 0. The largest absolute Gasteiger partial charge is 4.00 e. The Kier molecular flexibility index (Phi) is 39000. The fourth-order valence-electron chi connectivity index (χ4n) is 0. The van der Waals surface area contributed by atoms with Gasteiger partial charge in [-0.1, -0.05) is 22.3 Å². The number of nitrogens with zero attached hydrogens (tertiary/aromatic N) is 4. The van der Waals surface area contributed by atoms with Crippen molar-refractivity contribution in [1.82, 2.24) is 0 Å². The molecule has 0 aliphatic rings. The standard InChI is InChI=1S/3CH4.3BH3.4N.3Ru/h3*1H4;3*1H3;;;;;;;/q;;;;;;4*-3;3*+4. The summed E-state index contributed by atoms with van der Waals surface area (Å²) < 4.78 is 0. The third-order valence-electron chi connectivity index (χ3n) is 0. The van der Waals surface area contributed by atoms with Gasteiger partial charge in [0.15, 0.2) is 0 Å². The van der Waals surface area contributed by atoms with Gasteiger partial charge in [0.25, 0.3) is 0 Å². The van der Waals surface area contributed by atoms with E-state index in [1.165, 1.54) is 0 Å². The van der Waals surface area contributed by atoms with Crippen LogP contribution in [-0.4, -0.2) is 25.2 Å². The van der Waals surface area contributed by atoms with Crippen LogP contribution in [0.15, 0.2) is 0 Å². The van der Waals surface area contributed by atoms with E-state index in [1.807, 2.05) is 0 Å². The van der Waals surface area contributed by atoms with Gasteiger partial charge in [-0.3, -0.25) is 0 Å². The Hall–Kier alpha value is 1.90. The van der Waals surface area contributed by atoms with E-state index in [0.29, 0.717) is 0 Å². The Labute approximate surface area is 130 Å². The molecule has 0 fully saturated rings. The molecule has 0 aliphatic carbocycles. The summed E-state index contributed by atoms with van der Waals surface area (Å²) in [6, 6.07) is 0. The van der Waals surface area contributed by atoms with Gasteiger partial charge in [0.1, 0.15) is 0 Å². The Morgan fingerprint density at radius 3 is 0.308 bits per heavy atom. The fourth-order valence-corrected chi connectivity index (χ4v) is 0. The molecule has 0 heterocycles. The SMILES string of the molecule is B.B.B.C.C.C.[N-3].[N-3].[N-3].[N-3].[Ru+4].[Ru+4].[Ru+4]. The van der Waals surface area contributed by atoms with Crippen LogP contribution in [-0.2, 0) is 58.4 Å². The molecule has 13 heavy (non-hydrogen) atoms. The minimum absolute atomic E-state index is 0. The first kappa shape index (κ1) is 794. The molecule has 0 saturated heterocycles. The quantitative estimate of drug-likeness (QED) is 0.444. The van der Waals surface area contributed by atoms with E-state index in [9.17, 15) is 0 Å². The minimum atomic E-state index is 0. The van der Waals surface area contributed by atoms with Gasteiger partial charge in [-0.15, -0.1) is 0 Å². The molecule has 0 amide bonds. The molecule has 0 unspecified atom stereocenters. The van der Waals surface area contributed by atoms with Gasteiger partial charge in [-0.2, -0.15) is 0 Å². The summed E-state index contributed by atoms with van der Waals surface area (Å²) in [4.78, 5) is 0. The van der Waals surface area contributed by atoms with Crippen molar-refractivity contribution in [3.63, 3.8) is 0 Å². The summed E-state index contributed by atoms with van der Waals surface area (Å²) in [5.74, 6) is 0. The first-order valence-corrected chi connectivity index (χ1v) is 0. The van der Waals surface area contributed by atoms with Crippen molar-refractivity contribution in [2.45, 2.75) is 22.3 Å². The molecule has 0 aliphatic heterocycles. The fraction of sp³-hybridized carbons (Fsp3) is 1.00. The topological polar surface area (TPSA) is 122 Å². The molecular formula is C3H21B3N4Ru3. The van der Waals surface area contributed by atoms with Gasteiger partial charge in [0.05, 0.1) is 25.2 Å². The zero-order valence-electron chi connectivity index (χ0n) is 2.85. The van der Waals surface area contributed by atoms with Crippen LogP contribution in [0.2, 0.25) is 0 Å². The van der Waals surface area contributed by atoms with Gasteiger partial charge in [-0.25, -0.2) is 0 Å². The van der Waals surface area contributed by atoms with Crippen molar-refractivity contribution in [3.8, 4) is 0 Å². The maximum atomic E-state index is 0. The van der Waals surface area contributed by atoms with Gasteiger partial charge in [-0.05, 0) is 0 Å². The molecule has 0 bridgehead atoms. The van der Waals surface area contributed by atoms with Crippen LogP contribution < -0.4 is 0 Å². The molecular weight excluding hydrogens is 428 g/mol. The Morgan fingerprint density at radius 1 is 0.308 bits per heavy atom. The molecule has 0 atom stereocenters. The molecule has 86 valence electrons. The van der Waals surface area contributed by atoms with E-state index in [4.69, 9.17) is 0 Å². The molecule has 0 aromatic rings. The van der Waals surface area contributed by atoms with Crippen LogP contribution in [0, 0.1) is 0 Å². The maximum absolute atomic E-state index is 0. The van der Waals surface area contributed by atoms with E-state index in [2.05, 4.69) is 0 Å². The number of hydrogen-bond acceptors (Lipinski definition) is 0. The van der Waals surface area contributed by atoms with Crippen molar-refractivity contribution in [2.24, 2.45) is 0 Å². The van der Waals surface area contributed by atoms with E-state index < -0.39 is 0 Å². The molecule has 10 heteroatoms. The second-order valence-corrected chi connectivity index (χ2v) is 0. The number of hydrogen-bond donors (Lipinski definition) is 0. The summed E-state index contributed by atoms with van der Waals surface area (Å²) >= 11 is 0. The molecule has 0 aromatic heterocycles. The molecule has 0 spiro atoms. The van der Waals surface area contributed by atoms with Crippen molar-refractivity contribution in [2.75, 3.05) is 0 Å². The molecule has 4 nitrogen and oxygen atoms in total. The third-order valence-corrected chi connectivity index (χ3v) is 0. The zero-order valence-corrected chi connectivity index (χ0v) is 8.06. The predicted octanol–water partition coefficient (Wildman–Crippen LogP) is -0.496. The van der Waals surface area contributed by atoms with E-state index >= 15 is 0 Å². The third kappa shape index (κ3) is 543. The normalized spacial score (nSPS) is 0. The van der Waals surface area contributed by atoms with Crippen molar-refractivity contribution in [3.05, 3.63) is 24.6 Å². The van der Waals surface area contributed by atoms with Gasteiger partial charge >= 0.3 is 58.4 Å². The van der Waals surface area contributed by atoms with Crippen LogP contribution in [0.25, 0.3) is 24.6 Å². The smallest absolute Gasteiger partial charge is 3.00 e. The Bertz CT molecular complexity index is 25.8. The van der Waals surface area contributed by atoms with Crippen molar-refractivity contribution >= 4 is 25.2 Å². The molecule has 0 N–H and O–H groups in total. The maximum Gasteiger partial charge on any atom is 4.00 e. The first-order chi connectivity index (χ1) is 0. The van der Waals surface area contributed by atoms with Crippen molar-refractivity contribution in [1.29, 1.82) is 0 Å². The molecule has 0 radical (unpaired) electrons. The summed E-state index contributed by atoms with van der Waals surface area (Å²) in [6.07, 6.45) is 0. The van der Waals surface area contributed by atoms with Crippen LogP contribution in [0.5, 0.6) is 0 Å². The predicted molar refractivity (Wildman–Crippen MR) is 63.4 cm³/mol. The van der Waals surface area contributed by atoms with Gasteiger partial charge in [0, 0.05) is 0 Å². The monoisotopic (exact) mass is 452 g/mol. The van der Waals surface area contributed by atoms with E-state index in [0.717, 1.165) is 0 Å². The summed E-state index contributed by atoms with van der Waals surface area (Å²) in [6.45, 7) is 0. The second-order valence-electron chi connectivity index (χ2n) is 0. The minimum Gasteiger partial charge on any atom is -3.00 e. The summed E-state index contributed by atoms with van der Waals surface area (Å²) in [5, 5.41) is 0. The van der Waals surface area contributed by atoms with E-state index in [1.54, 1.807) is 0 Å². The van der Waals surface area contributed by atoms with Gasteiger partial charge in [0.2, 0.25) is 0 Å². The molecule has 0 saturated carbocycles. The Balaban J connectivity index is 0. The average Bonchev–Trinajstić information content (AvgIpc) is 0. The molecule has 0 rings (SSSR count). The van der Waals surface area contributed by atoms with Crippen LogP contribution in [0.3, 0.4) is 0 Å². The zero-order chi connectivity index (χ0) is 0. The van der Waals surface area contributed by atoms with E-state index in [-0.39, 0.29) is 131 Å². The van der Waals surface area contributed by atoms with Crippen LogP contribution in [0.4, 0.5) is 0 Å². The molecule has 0 aromatic carbocycles. The number of rotatable bonds is 0. The Morgan fingerprint density at radius 2 is 0.308 bits per heavy atom. The van der Waals surface area contributed by atoms with Gasteiger partial charge < -0.3 is 24.6 Å². The van der Waals surface area contributed by atoms with Crippen LogP contribution >= 0.6 is 0 Å². The van der Waals surface area contributed by atoms with Crippen molar-refractivity contribution < 1.29 is 58.4 Å².